The Morgan fingerprint density at radius 3 is 1.83 bits per heavy atom. The summed E-state index contributed by atoms with van der Waals surface area (Å²) >= 11 is 0. The van der Waals surface area contributed by atoms with Gasteiger partial charge in [0.05, 0.1) is 0 Å². The molecule has 1 rings (SSSR count). The minimum absolute atomic E-state index is 0.854. The molecule has 0 saturated carbocycles. The molecule has 24 heavy (non-hydrogen) atoms. The number of hydrogen-bond donors (Lipinski definition) is 0. The fraction of sp³-hybridized carbons (Fsp3) is 0.714. The standard InChI is InChI=1S/C21H38O2Si/c1-6-9-10-11-12-13-14-15-22-24(7-2,8-3)23-21-17-19(4)16-20(5)18-21/h16-18H,6-15H2,1-5H3. The van der Waals surface area contributed by atoms with Gasteiger partial charge in [-0.1, -0.05) is 65.4 Å². The summed E-state index contributed by atoms with van der Waals surface area (Å²) < 4.78 is 12.8. The molecule has 0 N–H and O–H groups in total. The molecule has 0 radical (unpaired) electrons. The van der Waals surface area contributed by atoms with Crippen molar-refractivity contribution in [2.45, 2.75) is 91.7 Å². The lowest BCUT2D eigenvalue weighted by atomic mass is 10.1. The molecule has 1 aromatic carbocycles. The normalized spacial score (nSPS) is 11.7. The third-order valence-corrected chi connectivity index (χ3v) is 8.18. The first-order chi connectivity index (χ1) is 11.5. The minimum Gasteiger partial charge on any atom is -0.520 e. The highest BCUT2D eigenvalue weighted by molar-refractivity contribution is 6.68. The lowest BCUT2D eigenvalue weighted by Crippen LogP contribution is -2.44. The van der Waals surface area contributed by atoms with Crippen molar-refractivity contribution >= 4 is 8.56 Å². The van der Waals surface area contributed by atoms with Gasteiger partial charge >= 0.3 is 8.56 Å². The van der Waals surface area contributed by atoms with Crippen LogP contribution < -0.4 is 4.43 Å². The van der Waals surface area contributed by atoms with Crippen molar-refractivity contribution in [3.63, 3.8) is 0 Å². The maximum absolute atomic E-state index is 6.44. The molecule has 0 aromatic heterocycles. The molecule has 0 aliphatic carbocycles. The predicted octanol–water partition coefficient (Wildman–Crippen LogP) is 6.93. The quantitative estimate of drug-likeness (QED) is 0.283. The van der Waals surface area contributed by atoms with Gasteiger partial charge in [-0.3, -0.25) is 0 Å². The van der Waals surface area contributed by atoms with E-state index in [2.05, 4.69) is 52.8 Å². The zero-order chi connectivity index (χ0) is 17.8. The van der Waals surface area contributed by atoms with Crippen LogP contribution in [0.1, 0.15) is 76.8 Å². The van der Waals surface area contributed by atoms with Crippen molar-refractivity contribution in [1.82, 2.24) is 0 Å². The summed E-state index contributed by atoms with van der Waals surface area (Å²) in [6.45, 7) is 11.8. The molecule has 0 spiro atoms. The average molecular weight is 351 g/mol. The van der Waals surface area contributed by atoms with Gasteiger partial charge < -0.3 is 8.85 Å². The van der Waals surface area contributed by atoms with E-state index in [1.54, 1.807) is 0 Å². The number of rotatable bonds is 13. The van der Waals surface area contributed by atoms with E-state index in [1.807, 2.05) is 0 Å². The Balaban J connectivity index is 2.44. The van der Waals surface area contributed by atoms with Crippen LogP contribution in [0.5, 0.6) is 5.75 Å². The lowest BCUT2D eigenvalue weighted by molar-refractivity contribution is 0.230. The molecule has 138 valence electrons. The van der Waals surface area contributed by atoms with Crippen LogP contribution in [-0.2, 0) is 4.43 Å². The van der Waals surface area contributed by atoms with E-state index < -0.39 is 8.56 Å². The number of unbranched alkanes of at least 4 members (excludes halogenated alkanes) is 6. The Kier molecular flexibility index (Phi) is 10.4. The van der Waals surface area contributed by atoms with Gasteiger partial charge in [-0.25, -0.2) is 0 Å². The summed E-state index contributed by atoms with van der Waals surface area (Å²) in [5.41, 5.74) is 2.51. The van der Waals surface area contributed by atoms with E-state index in [9.17, 15) is 0 Å². The van der Waals surface area contributed by atoms with Gasteiger partial charge in [0.25, 0.3) is 0 Å². The Morgan fingerprint density at radius 1 is 0.750 bits per heavy atom. The van der Waals surface area contributed by atoms with E-state index in [0.29, 0.717) is 0 Å². The van der Waals surface area contributed by atoms with Crippen molar-refractivity contribution in [3.8, 4) is 5.75 Å². The van der Waals surface area contributed by atoms with Crippen molar-refractivity contribution < 1.29 is 8.85 Å². The molecule has 0 atom stereocenters. The number of hydrogen-bond acceptors (Lipinski definition) is 2. The second-order valence-electron chi connectivity index (χ2n) is 7.01. The van der Waals surface area contributed by atoms with Gasteiger partial charge in [0.15, 0.2) is 0 Å². The predicted molar refractivity (Wildman–Crippen MR) is 107 cm³/mol. The van der Waals surface area contributed by atoms with Gasteiger partial charge in [-0.2, -0.15) is 0 Å². The van der Waals surface area contributed by atoms with E-state index >= 15 is 0 Å². The first-order valence-electron chi connectivity index (χ1n) is 9.96. The molecule has 0 aliphatic rings. The molecule has 0 unspecified atom stereocenters. The highest BCUT2D eigenvalue weighted by Crippen LogP contribution is 2.25. The average Bonchev–Trinajstić information content (AvgIpc) is 2.55. The lowest BCUT2D eigenvalue weighted by Gasteiger charge is -2.29. The molecule has 0 bridgehead atoms. The van der Waals surface area contributed by atoms with Gasteiger partial charge in [-0.15, -0.1) is 0 Å². The molecule has 2 nitrogen and oxygen atoms in total. The summed E-state index contributed by atoms with van der Waals surface area (Å²) in [5, 5.41) is 0. The molecule has 1 aromatic rings. The maximum Gasteiger partial charge on any atom is 0.398 e. The second-order valence-corrected chi connectivity index (χ2v) is 10.7. The highest BCUT2D eigenvalue weighted by atomic mass is 28.4. The maximum atomic E-state index is 6.44. The molecule has 0 amide bonds. The van der Waals surface area contributed by atoms with Gasteiger partial charge in [0.2, 0.25) is 0 Å². The molecular formula is C21H38O2Si. The topological polar surface area (TPSA) is 18.5 Å². The van der Waals surface area contributed by atoms with E-state index in [1.165, 1.54) is 49.7 Å². The molecule has 0 saturated heterocycles. The van der Waals surface area contributed by atoms with Crippen molar-refractivity contribution in [1.29, 1.82) is 0 Å². The minimum atomic E-state index is -2.11. The van der Waals surface area contributed by atoms with E-state index in [0.717, 1.165) is 30.9 Å². The van der Waals surface area contributed by atoms with Crippen LogP contribution in [0.25, 0.3) is 0 Å². The van der Waals surface area contributed by atoms with Crippen LogP contribution in [0.2, 0.25) is 12.1 Å². The van der Waals surface area contributed by atoms with Crippen LogP contribution in [0.4, 0.5) is 0 Å². The van der Waals surface area contributed by atoms with Crippen LogP contribution in [-0.4, -0.2) is 15.2 Å². The SMILES string of the molecule is CCCCCCCCCO[Si](CC)(CC)Oc1cc(C)cc(C)c1. The number of aryl methyl sites for hydroxylation is 2. The summed E-state index contributed by atoms with van der Waals surface area (Å²) in [5.74, 6) is 0.988. The van der Waals surface area contributed by atoms with Crippen molar-refractivity contribution in [2.24, 2.45) is 0 Å². The largest absolute Gasteiger partial charge is 0.520 e. The fourth-order valence-corrected chi connectivity index (χ4v) is 5.47. The Bertz CT molecular complexity index is 435. The van der Waals surface area contributed by atoms with E-state index in [-0.39, 0.29) is 0 Å². The molecule has 3 heteroatoms. The molecule has 0 fully saturated rings. The number of benzene rings is 1. The van der Waals surface area contributed by atoms with Gasteiger partial charge in [0.1, 0.15) is 5.75 Å². The van der Waals surface area contributed by atoms with Gasteiger partial charge in [-0.05, 0) is 55.6 Å². The molecular weight excluding hydrogens is 312 g/mol. The molecule has 0 heterocycles. The summed E-state index contributed by atoms with van der Waals surface area (Å²) in [4.78, 5) is 0. The van der Waals surface area contributed by atoms with Crippen molar-refractivity contribution in [2.75, 3.05) is 6.61 Å². The third kappa shape index (κ3) is 7.85. The Labute approximate surface area is 151 Å². The van der Waals surface area contributed by atoms with Crippen LogP contribution in [0.15, 0.2) is 18.2 Å². The third-order valence-electron chi connectivity index (χ3n) is 4.69. The van der Waals surface area contributed by atoms with Crippen molar-refractivity contribution in [3.05, 3.63) is 29.3 Å². The summed E-state index contributed by atoms with van der Waals surface area (Å²) in [6.07, 6.45) is 9.24. The zero-order valence-corrected chi connectivity index (χ0v) is 17.6. The monoisotopic (exact) mass is 350 g/mol. The fourth-order valence-electron chi connectivity index (χ4n) is 3.15. The zero-order valence-electron chi connectivity index (χ0n) is 16.6. The Morgan fingerprint density at radius 2 is 1.29 bits per heavy atom. The molecule has 0 aliphatic heterocycles. The first kappa shape index (κ1) is 21.2. The Hall–Kier alpha value is -0.803. The van der Waals surface area contributed by atoms with Gasteiger partial charge in [0, 0.05) is 6.61 Å². The summed E-state index contributed by atoms with van der Waals surface area (Å²) in [7, 11) is -2.11. The first-order valence-corrected chi connectivity index (χ1v) is 12.2. The van der Waals surface area contributed by atoms with Crippen LogP contribution in [0, 0.1) is 13.8 Å². The van der Waals surface area contributed by atoms with Crippen LogP contribution in [0.3, 0.4) is 0 Å². The second kappa shape index (κ2) is 11.7. The van der Waals surface area contributed by atoms with E-state index in [4.69, 9.17) is 8.85 Å². The van der Waals surface area contributed by atoms with Crippen LogP contribution >= 0.6 is 0 Å². The summed E-state index contributed by atoms with van der Waals surface area (Å²) in [6, 6.07) is 8.47. The highest BCUT2D eigenvalue weighted by Gasteiger charge is 2.35. The smallest absolute Gasteiger partial charge is 0.398 e.